The summed E-state index contributed by atoms with van der Waals surface area (Å²) in [5, 5.41) is 0. The number of hydrogen-bond acceptors (Lipinski definition) is 5. The Balaban J connectivity index is 2.99. The van der Waals surface area contributed by atoms with Crippen LogP contribution in [0.4, 0.5) is 0 Å². The van der Waals surface area contributed by atoms with Gasteiger partial charge in [-0.2, -0.15) is 0 Å². The summed E-state index contributed by atoms with van der Waals surface area (Å²) in [6, 6.07) is 0. The molecule has 17 heavy (non-hydrogen) atoms. The first-order chi connectivity index (χ1) is 7.94. The van der Waals surface area contributed by atoms with Crippen LogP contribution in [0.5, 0.6) is 0 Å². The highest BCUT2D eigenvalue weighted by atomic mass is 16.5. The Kier molecular flexibility index (Phi) is 4.26. The van der Waals surface area contributed by atoms with Gasteiger partial charge in [0.15, 0.2) is 5.92 Å². The Morgan fingerprint density at radius 2 is 1.76 bits per heavy atom. The van der Waals surface area contributed by atoms with Crippen LogP contribution < -0.4 is 0 Å². The number of rotatable bonds is 3. The molecule has 1 fully saturated rings. The van der Waals surface area contributed by atoms with E-state index in [1.165, 1.54) is 14.2 Å². The van der Waals surface area contributed by atoms with Crippen molar-refractivity contribution in [3.63, 3.8) is 0 Å². The van der Waals surface area contributed by atoms with Gasteiger partial charge in [0.05, 0.1) is 14.2 Å². The number of Topliss-reactive ketones (excluding diaryl/α,β-unsaturated/α-hetero) is 1. The van der Waals surface area contributed by atoms with Gasteiger partial charge in [-0.1, -0.05) is 6.92 Å². The van der Waals surface area contributed by atoms with Gasteiger partial charge in [0, 0.05) is 12.8 Å². The molecule has 1 unspecified atom stereocenters. The van der Waals surface area contributed by atoms with Crippen LogP contribution in [-0.4, -0.2) is 31.9 Å². The lowest BCUT2D eigenvalue weighted by molar-refractivity contribution is -0.166. The van der Waals surface area contributed by atoms with Crippen molar-refractivity contribution in [1.82, 2.24) is 0 Å². The Labute approximate surface area is 100 Å². The lowest BCUT2D eigenvalue weighted by Gasteiger charge is -2.36. The molecule has 0 aromatic rings. The number of carbonyl (C=O) groups is 3. The maximum absolute atomic E-state index is 11.7. The van der Waals surface area contributed by atoms with Crippen LogP contribution in [0, 0.1) is 11.3 Å². The van der Waals surface area contributed by atoms with Crippen molar-refractivity contribution in [2.45, 2.75) is 32.6 Å². The number of esters is 2. The minimum absolute atomic E-state index is 0.0801. The molecular weight excluding hydrogens is 224 g/mol. The summed E-state index contributed by atoms with van der Waals surface area (Å²) in [5.74, 6) is -2.19. The van der Waals surface area contributed by atoms with E-state index < -0.39 is 23.3 Å². The van der Waals surface area contributed by atoms with Crippen LogP contribution in [0.25, 0.3) is 0 Å². The monoisotopic (exact) mass is 242 g/mol. The molecular formula is C12H18O5. The molecule has 0 heterocycles. The van der Waals surface area contributed by atoms with Gasteiger partial charge in [-0.25, -0.2) is 0 Å². The predicted molar refractivity (Wildman–Crippen MR) is 59.1 cm³/mol. The van der Waals surface area contributed by atoms with Gasteiger partial charge in [0.25, 0.3) is 0 Å². The molecule has 5 nitrogen and oxygen atoms in total. The predicted octanol–water partition coefficient (Wildman–Crippen LogP) is 1.10. The fraction of sp³-hybridized carbons (Fsp3) is 0.750. The van der Waals surface area contributed by atoms with Crippen molar-refractivity contribution in [1.29, 1.82) is 0 Å². The third-order valence-electron chi connectivity index (χ3n) is 3.38. The average molecular weight is 242 g/mol. The number of ether oxygens (including phenoxy) is 2. The van der Waals surface area contributed by atoms with Gasteiger partial charge < -0.3 is 9.47 Å². The van der Waals surface area contributed by atoms with Crippen LogP contribution >= 0.6 is 0 Å². The largest absolute Gasteiger partial charge is 0.468 e. The Morgan fingerprint density at radius 3 is 2.18 bits per heavy atom. The molecule has 1 rings (SSSR count). The van der Waals surface area contributed by atoms with Crippen molar-refractivity contribution in [3.05, 3.63) is 0 Å². The Morgan fingerprint density at radius 1 is 1.24 bits per heavy atom. The van der Waals surface area contributed by atoms with Gasteiger partial charge >= 0.3 is 11.9 Å². The smallest absolute Gasteiger partial charge is 0.320 e. The second-order valence-electron chi connectivity index (χ2n) is 4.70. The van der Waals surface area contributed by atoms with E-state index in [1.807, 2.05) is 0 Å². The summed E-state index contributed by atoms with van der Waals surface area (Å²) in [7, 11) is 2.46. The maximum Gasteiger partial charge on any atom is 0.320 e. The first-order valence-electron chi connectivity index (χ1n) is 5.62. The highest BCUT2D eigenvalue weighted by Gasteiger charge is 2.48. The van der Waals surface area contributed by atoms with E-state index >= 15 is 0 Å². The Bertz CT molecular complexity index is 320. The molecule has 0 aromatic carbocycles. The van der Waals surface area contributed by atoms with E-state index in [-0.39, 0.29) is 12.2 Å². The van der Waals surface area contributed by atoms with E-state index in [2.05, 4.69) is 9.47 Å². The van der Waals surface area contributed by atoms with Crippen LogP contribution in [-0.2, 0) is 23.9 Å². The van der Waals surface area contributed by atoms with Crippen molar-refractivity contribution < 1.29 is 23.9 Å². The van der Waals surface area contributed by atoms with E-state index in [1.54, 1.807) is 6.92 Å². The highest BCUT2D eigenvalue weighted by Crippen LogP contribution is 2.41. The zero-order valence-electron chi connectivity index (χ0n) is 10.4. The number of carbonyl (C=O) groups excluding carboxylic acids is 3. The van der Waals surface area contributed by atoms with Crippen molar-refractivity contribution in [3.8, 4) is 0 Å². The topological polar surface area (TPSA) is 69.7 Å². The zero-order chi connectivity index (χ0) is 13.1. The van der Waals surface area contributed by atoms with Crippen molar-refractivity contribution in [2.75, 3.05) is 14.2 Å². The van der Waals surface area contributed by atoms with E-state index in [4.69, 9.17) is 0 Å². The van der Waals surface area contributed by atoms with E-state index in [0.29, 0.717) is 19.3 Å². The molecule has 1 atom stereocenters. The quantitative estimate of drug-likeness (QED) is 0.547. The van der Waals surface area contributed by atoms with Crippen LogP contribution in [0.2, 0.25) is 0 Å². The lowest BCUT2D eigenvalue weighted by atomic mass is 9.66. The van der Waals surface area contributed by atoms with Gasteiger partial charge in [-0.05, 0) is 18.3 Å². The van der Waals surface area contributed by atoms with Crippen LogP contribution in [0.15, 0.2) is 0 Å². The molecule has 1 aliphatic carbocycles. The van der Waals surface area contributed by atoms with Gasteiger partial charge in [-0.3, -0.25) is 14.4 Å². The second kappa shape index (κ2) is 5.29. The van der Waals surface area contributed by atoms with Gasteiger partial charge in [0.2, 0.25) is 0 Å². The zero-order valence-corrected chi connectivity index (χ0v) is 10.4. The molecule has 5 heteroatoms. The maximum atomic E-state index is 11.7. The fourth-order valence-electron chi connectivity index (χ4n) is 2.46. The standard InChI is InChI=1S/C12H18O5/c1-12(6-4-5-8(13)7-12)9(10(14)16-2)11(15)17-3/h9H,4-7H2,1-3H3. The van der Waals surface area contributed by atoms with Crippen molar-refractivity contribution >= 4 is 17.7 Å². The summed E-state index contributed by atoms with van der Waals surface area (Å²) in [6.45, 7) is 1.77. The minimum atomic E-state index is -1.01. The molecule has 96 valence electrons. The number of ketones is 1. The Hall–Kier alpha value is -1.39. The molecule has 0 saturated heterocycles. The van der Waals surface area contributed by atoms with Crippen LogP contribution in [0.3, 0.4) is 0 Å². The third kappa shape index (κ3) is 2.84. The first-order valence-corrected chi connectivity index (χ1v) is 5.62. The van der Waals surface area contributed by atoms with Gasteiger partial charge in [0.1, 0.15) is 5.78 Å². The minimum Gasteiger partial charge on any atom is -0.468 e. The summed E-state index contributed by atoms with van der Waals surface area (Å²) in [4.78, 5) is 34.9. The summed E-state index contributed by atoms with van der Waals surface area (Å²) >= 11 is 0. The normalized spacial score (nSPS) is 24.6. The average Bonchev–Trinajstić information content (AvgIpc) is 2.28. The molecule has 0 bridgehead atoms. The van der Waals surface area contributed by atoms with Crippen molar-refractivity contribution in [2.24, 2.45) is 11.3 Å². The fourth-order valence-corrected chi connectivity index (χ4v) is 2.46. The molecule has 0 aromatic heterocycles. The van der Waals surface area contributed by atoms with E-state index in [9.17, 15) is 14.4 Å². The van der Waals surface area contributed by atoms with Gasteiger partial charge in [-0.15, -0.1) is 0 Å². The third-order valence-corrected chi connectivity index (χ3v) is 3.38. The molecule has 0 radical (unpaired) electrons. The number of hydrogen-bond donors (Lipinski definition) is 0. The number of methoxy groups -OCH3 is 2. The summed E-state index contributed by atoms with van der Waals surface area (Å²) < 4.78 is 9.28. The highest BCUT2D eigenvalue weighted by molar-refractivity contribution is 5.96. The SMILES string of the molecule is COC(=O)C(C(=O)OC)C1(C)CCCC(=O)C1. The first kappa shape index (κ1) is 13.7. The molecule has 1 saturated carbocycles. The molecule has 0 spiro atoms. The second-order valence-corrected chi connectivity index (χ2v) is 4.70. The van der Waals surface area contributed by atoms with E-state index in [0.717, 1.165) is 0 Å². The molecule has 0 amide bonds. The summed E-state index contributed by atoms with van der Waals surface area (Å²) in [6.07, 6.45) is 2.08. The van der Waals surface area contributed by atoms with Crippen LogP contribution in [0.1, 0.15) is 32.6 Å². The molecule has 1 aliphatic rings. The summed E-state index contributed by atoms with van der Waals surface area (Å²) in [5.41, 5.74) is -0.685. The molecule has 0 N–H and O–H groups in total. The molecule has 0 aliphatic heterocycles. The lowest BCUT2D eigenvalue weighted by Crippen LogP contribution is -2.43.